The summed E-state index contributed by atoms with van der Waals surface area (Å²) in [5, 5.41) is 4.06. The van der Waals surface area contributed by atoms with Gasteiger partial charge in [0.25, 0.3) is 0 Å². The van der Waals surface area contributed by atoms with E-state index in [4.69, 9.17) is 26.3 Å². The zero-order chi connectivity index (χ0) is 21.8. The van der Waals surface area contributed by atoms with Gasteiger partial charge in [0.15, 0.2) is 0 Å². The smallest absolute Gasteiger partial charge is 0.136 e. The fourth-order valence-corrected chi connectivity index (χ4v) is 4.76. The number of aryl methyl sites for hydroxylation is 2. The van der Waals surface area contributed by atoms with Crippen LogP contribution in [0.25, 0.3) is 0 Å². The van der Waals surface area contributed by atoms with Crippen LogP contribution in [0.5, 0.6) is 0 Å². The predicted molar refractivity (Wildman–Crippen MR) is 126 cm³/mol. The molecule has 8 heteroatoms. The summed E-state index contributed by atoms with van der Waals surface area (Å²) in [6, 6.07) is 7.97. The maximum Gasteiger partial charge on any atom is 0.136 e. The van der Waals surface area contributed by atoms with E-state index in [0.717, 1.165) is 77.9 Å². The highest BCUT2D eigenvalue weighted by molar-refractivity contribution is 7.09. The molecule has 0 atom stereocenters. The molecule has 4 rings (SSSR count). The number of anilines is 1. The van der Waals surface area contributed by atoms with Crippen LogP contribution >= 0.6 is 22.9 Å². The lowest BCUT2D eigenvalue weighted by Crippen LogP contribution is -2.35. The van der Waals surface area contributed by atoms with Crippen molar-refractivity contribution in [2.24, 2.45) is 0 Å². The number of halogens is 1. The normalized spacial score (nSPS) is 14.7. The summed E-state index contributed by atoms with van der Waals surface area (Å²) in [4.78, 5) is 18.9. The van der Waals surface area contributed by atoms with Crippen LogP contribution in [0.3, 0.4) is 0 Å². The first-order chi connectivity index (χ1) is 15.0. The third-order valence-electron chi connectivity index (χ3n) is 5.42. The molecule has 6 nitrogen and oxygen atoms in total. The molecule has 0 spiro atoms. The fraction of sp³-hybridized carbons (Fsp3) is 0.435. The first kappa shape index (κ1) is 22.1. The van der Waals surface area contributed by atoms with Crippen LogP contribution in [-0.4, -0.2) is 53.2 Å². The van der Waals surface area contributed by atoms with E-state index in [0.29, 0.717) is 6.54 Å². The standard InChI is InChI=1S/C23H28ClN5OS/c1-16-21(12-18-4-6-19(24)7-5-18)23(26-17(2)25-16)28(3)13-20-15-31-22(27-20)14-29-8-10-30-11-9-29/h4-7,15H,8-14H2,1-3H3. The summed E-state index contributed by atoms with van der Waals surface area (Å²) in [5.74, 6) is 1.74. The summed E-state index contributed by atoms with van der Waals surface area (Å²) in [6.07, 6.45) is 0.766. The van der Waals surface area contributed by atoms with Crippen LogP contribution in [0.2, 0.25) is 5.02 Å². The van der Waals surface area contributed by atoms with Crippen LogP contribution in [0.1, 0.15) is 33.3 Å². The number of morpholine rings is 1. The topological polar surface area (TPSA) is 54.4 Å². The lowest BCUT2D eigenvalue weighted by atomic mass is 10.0. The van der Waals surface area contributed by atoms with Crippen molar-refractivity contribution in [3.63, 3.8) is 0 Å². The molecule has 0 saturated carbocycles. The monoisotopic (exact) mass is 457 g/mol. The highest BCUT2D eigenvalue weighted by Crippen LogP contribution is 2.25. The molecule has 1 aliphatic heterocycles. The summed E-state index contributed by atoms with van der Waals surface area (Å²) in [7, 11) is 2.08. The molecule has 0 bridgehead atoms. The molecule has 1 aromatic carbocycles. The van der Waals surface area contributed by atoms with Gasteiger partial charge in [0, 0.05) is 48.2 Å². The van der Waals surface area contributed by atoms with E-state index < -0.39 is 0 Å². The molecule has 0 aliphatic carbocycles. The number of ether oxygens (including phenoxy) is 1. The Morgan fingerprint density at radius 2 is 1.84 bits per heavy atom. The van der Waals surface area contributed by atoms with Crippen molar-refractivity contribution in [3.8, 4) is 0 Å². The SMILES string of the molecule is Cc1nc(C)c(Cc2ccc(Cl)cc2)c(N(C)Cc2csc(CN3CCOCC3)n2)n1. The molecule has 0 radical (unpaired) electrons. The Bertz CT molecular complexity index is 1020. The Kier molecular flexibility index (Phi) is 7.17. The van der Waals surface area contributed by atoms with Crippen LogP contribution in [0.4, 0.5) is 5.82 Å². The molecule has 1 saturated heterocycles. The van der Waals surface area contributed by atoms with Crippen molar-refractivity contribution in [3.05, 3.63) is 68.0 Å². The van der Waals surface area contributed by atoms with Gasteiger partial charge in [0.05, 0.1) is 32.0 Å². The zero-order valence-electron chi connectivity index (χ0n) is 18.3. The number of rotatable bonds is 7. The summed E-state index contributed by atoms with van der Waals surface area (Å²) in [6.45, 7) is 9.17. The van der Waals surface area contributed by atoms with E-state index in [9.17, 15) is 0 Å². The highest BCUT2D eigenvalue weighted by atomic mass is 35.5. The zero-order valence-corrected chi connectivity index (χ0v) is 19.8. The third-order valence-corrected chi connectivity index (χ3v) is 6.56. The van der Waals surface area contributed by atoms with Gasteiger partial charge in [0.1, 0.15) is 16.6 Å². The minimum atomic E-state index is 0.711. The van der Waals surface area contributed by atoms with Crippen LogP contribution in [-0.2, 0) is 24.2 Å². The second kappa shape index (κ2) is 10.0. The van der Waals surface area contributed by atoms with Crippen molar-refractivity contribution < 1.29 is 4.74 Å². The van der Waals surface area contributed by atoms with Gasteiger partial charge in [-0.2, -0.15) is 0 Å². The van der Waals surface area contributed by atoms with Gasteiger partial charge in [-0.25, -0.2) is 15.0 Å². The van der Waals surface area contributed by atoms with Gasteiger partial charge in [-0.05, 0) is 31.5 Å². The lowest BCUT2D eigenvalue weighted by molar-refractivity contribution is 0.0341. The molecule has 0 amide bonds. The molecule has 2 aromatic heterocycles. The van der Waals surface area contributed by atoms with E-state index in [1.165, 1.54) is 5.56 Å². The predicted octanol–water partition coefficient (Wildman–Crippen LogP) is 4.26. The number of thiazole rings is 1. The number of aromatic nitrogens is 3. The van der Waals surface area contributed by atoms with Crippen molar-refractivity contribution in [1.82, 2.24) is 19.9 Å². The summed E-state index contributed by atoms with van der Waals surface area (Å²) < 4.78 is 5.44. The Labute approximate surface area is 192 Å². The maximum atomic E-state index is 6.05. The van der Waals surface area contributed by atoms with E-state index in [2.05, 4.69) is 46.3 Å². The molecule has 1 aliphatic rings. The third kappa shape index (κ3) is 5.80. The molecule has 31 heavy (non-hydrogen) atoms. The average molecular weight is 458 g/mol. The van der Waals surface area contributed by atoms with E-state index in [1.807, 2.05) is 19.1 Å². The highest BCUT2D eigenvalue weighted by Gasteiger charge is 2.17. The number of nitrogens with zero attached hydrogens (tertiary/aromatic N) is 5. The number of hydrogen-bond acceptors (Lipinski definition) is 7. The molecule has 0 N–H and O–H groups in total. The number of hydrogen-bond donors (Lipinski definition) is 0. The van der Waals surface area contributed by atoms with Crippen molar-refractivity contribution in [1.29, 1.82) is 0 Å². The van der Waals surface area contributed by atoms with E-state index >= 15 is 0 Å². The summed E-state index contributed by atoms with van der Waals surface area (Å²) in [5.41, 5.74) is 4.41. The van der Waals surface area contributed by atoms with Gasteiger partial charge in [-0.3, -0.25) is 4.90 Å². The minimum Gasteiger partial charge on any atom is -0.379 e. The quantitative estimate of drug-likeness (QED) is 0.528. The van der Waals surface area contributed by atoms with Crippen molar-refractivity contribution >= 4 is 28.8 Å². The van der Waals surface area contributed by atoms with E-state index in [-0.39, 0.29) is 0 Å². The van der Waals surface area contributed by atoms with Gasteiger partial charge >= 0.3 is 0 Å². The second-order valence-electron chi connectivity index (χ2n) is 7.94. The van der Waals surface area contributed by atoms with Gasteiger partial charge in [0.2, 0.25) is 0 Å². The second-order valence-corrected chi connectivity index (χ2v) is 9.32. The van der Waals surface area contributed by atoms with Crippen LogP contribution in [0, 0.1) is 13.8 Å². The Hall–Kier alpha value is -2.06. The molecule has 164 valence electrons. The van der Waals surface area contributed by atoms with Gasteiger partial charge in [-0.15, -0.1) is 11.3 Å². The molecule has 0 unspecified atom stereocenters. The van der Waals surface area contributed by atoms with Gasteiger partial charge < -0.3 is 9.64 Å². The molecular weight excluding hydrogens is 430 g/mol. The van der Waals surface area contributed by atoms with Crippen LogP contribution < -0.4 is 4.90 Å². The first-order valence-electron chi connectivity index (χ1n) is 10.5. The molecule has 1 fully saturated rings. The van der Waals surface area contributed by atoms with Crippen LogP contribution in [0.15, 0.2) is 29.6 Å². The molecule has 3 heterocycles. The molecular formula is C23H28ClN5OS. The Balaban J connectivity index is 1.50. The van der Waals surface area contributed by atoms with E-state index in [1.54, 1.807) is 11.3 Å². The lowest BCUT2D eigenvalue weighted by Gasteiger charge is -2.25. The van der Waals surface area contributed by atoms with Crippen molar-refractivity contribution in [2.75, 3.05) is 38.3 Å². The Morgan fingerprint density at radius 3 is 2.58 bits per heavy atom. The number of benzene rings is 1. The summed E-state index contributed by atoms with van der Waals surface area (Å²) >= 11 is 7.78. The van der Waals surface area contributed by atoms with Gasteiger partial charge in [-0.1, -0.05) is 23.7 Å². The molecule has 3 aromatic rings. The minimum absolute atomic E-state index is 0.711. The maximum absolute atomic E-state index is 6.05. The fourth-order valence-electron chi connectivity index (χ4n) is 3.81. The average Bonchev–Trinajstić information content (AvgIpc) is 3.18. The largest absolute Gasteiger partial charge is 0.379 e. The van der Waals surface area contributed by atoms with Crippen molar-refractivity contribution in [2.45, 2.75) is 33.4 Å². The Morgan fingerprint density at radius 1 is 1.10 bits per heavy atom. The first-order valence-corrected chi connectivity index (χ1v) is 11.8.